The number of carbonyl (C=O) groups excluding carboxylic acids is 2. The van der Waals surface area contributed by atoms with Gasteiger partial charge in [-0.25, -0.2) is 4.79 Å². The molecule has 1 N–H and O–H groups in total. The zero-order valence-electron chi connectivity index (χ0n) is 9.24. The maximum absolute atomic E-state index is 11.2. The van der Waals surface area contributed by atoms with Gasteiger partial charge in [0.1, 0.15) is 6.04 Å². The minimum absolute atomic E-state index is 0.238. The van der Waals surface area contributed by atoms with Crippen molar-refractivity contribution in [1.29, 1.82) is 0 Å². The zero-order valence-corrected chi connectivity index (χ0v) is 10.1. The van der Waals surface area contributed by atoms with Crippen LogP contribution < -0.4 is 5.32 Å². The Kier molecular flexibility index (Phi) is 8.12. The number of carbonyl (C=O) groups is 2. The highest BCUT2D eigenvalue weighted by Gasteiger charge is 2.19. The van der Waals surface area contributed by atoms with E-state index in [4.69, 9.17) is 4.74 Å². The topological polar surface area (TPSA) is 64.6 Å². The highest BCUT2D eigenvalue weighted by Crippen LogP contribution is 2.04. The van der Waals surface area contributed by atoms with Gasteiger partial charge in [0.2, 0.25) is 5.91 Å². The van der Waals surface area contributed by atoms with E-state index in [2.05, 4.69) is 10.1 Å². The van der Waals surface area contributed by atoms with Gasteiger partial charge in [-0.05, 0) is 0 Å². The quantitative estimate of drug-likeness (QED) is 0.499. The van der Waals surface area contributed by atoms with E-state index in [0.29, 0.717) is 12.4 Å². The van der Waals surface area contributed by atoms with Gasteiger partial charge >= 0.3 is 5.97 Å². The molecule has 0 saturated carbocycles. The average molecular weight is 235 g/mol. The number of esters is 1. The largest absolute Gasteiger partial charge is 0.467 e. The van der Waals surface area contributed by atoms with Gasteiger partial charge in [0.05, 0.1) is 13.7 Å². The molecule has 0 saturated heterocycles. The van der Waals surface area contributed by atoms with Crippen molar-refractivity contribution in [1.82, 2.24) is 5.32 Å². The van der Waals surface area contributed by atoms with E-state index in [9.17, 15) is 9.59 Å². The Morgan fingerprint density at radius 2 is 2.07 bits per heavy atom. The molecule has 0 fully saturated rings. The van der Waals surface area contributed by atoms with E-state index in [1.54, 1.807) is 7.11 Å². The Morgan fingerprint density at radius 3 is 2.53 bits per heavy atom. The number of hydrogen-bond acceptors (Lipinski definition) is 5. The fourth-order valence-electron chi connectivity index (χ4n) is 0.900. The summed E-state index contributed by atoms with van der Waals surface area (Å²) in [7, 11) is 2.92. The van der Waals surface area contributed by atoms with Gasteiger partial charge in [0.25, 0.3) is 0 Å². The van der Waals surface area contributed by atoms with Crippen LogP contribution in [-0.2, 0) is 19.1 Å². The van der Waals surface area contributed by atoms with Gasteiger partial charge in [0.15, 0.2) is 0 Å². The number of thioether (sulfide) groups is 1. The lowest BCUT2D eigenvalue weighted by Gasteiger charge is -2.14. The van der Waals surface area contributed by atoms with Crippen LogP contribution in [0, 0.1) is 0 Å². The van der Waals surface area contributed by atoms with Crippen LogP contribution in [0.25, 0.3) is 0 Å². The summed E-state index contributed by atoms with van der Waals surface area (Å²) in [6.07, 6.45) is 0. The molecular formula is C9H17NO4S. The molecule has 0 aromatic rings. The van der Waals surface area contributed by atoms with Gasteiger partial charge in [-0.3, -0.25) is 4.79 Å². The Hall–Kier alpha value is -0.750. The van der Waals surface area contributed by atoms with E-state index in [-0.39, 0.29) is 5.91 Å². The maximum atomic E-state index is 11.2. The molecule has 1 atom stereocenters. The van der Waals surface area contributed by atoms with Crippen molar-refractivity contribution >= 4 is 23.6 Å². The molecule has 0 rings (SSSR count). The Morgan fingerprint density at radius 1 is 1.40 bits per heavy atom. The first-order valence-corrected chi connectivity index (χ1v) is 5.69. The molecule has 0 aliphatic heterocycles. The highest BCUT2D eigenvalue weighted by atomic mass is 32.2. The Balaban J connectivity index is 3.90. The molecule has 0 heterocycles. The van der Waals surface area contributed by atoms with Crippen LogP contribution in [0.2, 0.25) is 0 Å². The lowest BCUT2D eigenvalue weighted by Crippen LogP contribution is -2.42. The Bertz CT molecular complexity index is 210. The zero-order chi connectivity index (χ0) is 11.7. The molecule has 0 aliphatic rings. The summed E-state index contributed by atoms with van der Waals surface area (Å²) < 4.78 is 9.44. The second-order valence-corrected chi connectivity index (χ2v) is 3.99. The summed E-state index contributed by atoms with van der Waals surface area (Å²) in [6.45, 7) is 1.99. The molecule has 0 spiro atoms. The molecule has 0 aliphatic carbocycles. The van der Waals surface area contributed by atoms with Gasteiger partial charge in [-0.15, -0.1) is 0 Å². The number of ether oxygens (including phenoxy) is 2. The lowest BCUT2D eigenvalue weighted by atomic mass is 10.3. The maximum Gasteiger partial charge on any atom is 0.329 e. The summed E-state index contributed by atoms with van der Waals surface area (Å²) >= 11 is 1.53. The van der Waals surface area contributed by atoms with Crippen LogP contribution in [0.3, 0.4) is 0 Å². The summed E-state index contributed by atoms with van der Waals surface area (Å²) in [5, 5.41) is 2.53. The summed E-state index contributed by atoms with van der Waals surface area (Å²) in [6, 6.07) is -0.575. The van der Waals surface area contributed by atoms with Gasteiger partial charge in [-0.1, -0.05) is 0 Å². The standard InChI is InChI=1S/C9H17NO4S/c1-7(11)10-8(9(12)14-3)6-15-5-4-13-2/h8H,4-6H2,1-3H3,(H,10,11). The van der Waals surface area contributed by atoms with Gasteiger partial charge in [-0.2, -0.15) is 11.8 Å². The van der Waals surface area contributed by atoms with E-state index in [0.717, 1.165) is 5.75 Å². The molecule has 0 bridgehead atoms. The van der Waals surface area contributed by atoms with Crippen molar-refractivity contribution in [2.45, 2.75) is 13.0 Å². The van der Waals surface area contributed by atoms with E-state index >= 15 is 0 Å². The number of rotatable bonds is 7. The first-order chi connectivity index (χ1) is 7.11. The highest BCUT2D eigenvalue weighted by molar-refractivity contribution is 7.99. The minimum Gasteiger partial charge on any atom is -0.467 e. The third-order valence-electron chi connectivity index (χ3n) is 1.58. The van der Waals surface area contributed by atoms with Gasteiger partial charge < -0.3 is 14.8 Å². The van der Waals surface area contributed by atoms with Crippen LogP contribution in [0.5, 0.6) is 0 Å². The van der Waals surface area contributed by atoms with E-state index in [1.165, 1.54) is 25.8 Å². The lowest BCUT2D eigenvalue weighted by molar-refractivity contribution is -0.144. The smallest absolute Gasteiger partial charge is 0.329 e. The molecule has 0 aromatic carbocycles. The van der Waals surface area contributed by atoms with Gasteiger partial charge in [0, 0.05) is 25.5 Å². The number of amides is 1. The molecule has 0 radical (unpaired) electrons. The molecule has 88 valence electrons. The summed E-state index contributed by atoms with van der Waals surface area (Å²) in [4.78, 5) is 22.0. The minimum atomic E-state index is -0.575. The predicted octanol–water partition coefficient (Wildman–Crippen LogP) is 0.0437. The number of methoxy groups -OCH3 is 2. The first kappa shape index (κ1) is 14.2. The van der Waals surface area contributed by atoms with Crippen molar-refractivity contribution in [2.24, 2.45) is 0 Å². The predicted molar refractivity (Wildman–Crippen MR) is 58.8 cm³/mol. The van der Waals surface area contributed by atoms with E-state index < -0.39 is 12.0 Å². The fraction of sp³-hybridized carbons (Fsp3) is 0.778. The molecule has 6 heteroatoms. The average Bonchev–Trinajstić information content (AvgIpc) is 2.21. The molecule has 15 heavy (non-hydrogen) atoms. The normalized spacial score (nSPS) is 11.9. The SMILES string of the molecule is COCCSCC(NC(C)=O)C(=O)OC. The van der Waals surface area contributed by atoms with Crippen molar-refractivity contribution in [3.8, 4) is 0 Å². The summed E-state index contributed by atoms with van der Waals surface area (Å²) in [5.41, 5.74) is 0. The first-order valence-electron chi connectivity index (χ1n) is 4.53. The Labute approximate surface area is 93.9 Å². The third-order valence-corrected chi connectivity index (χ3v) is 2.60. The van der Waals surface area contributed by atoms with Crippen molar-refractivity contribution in [2.75, 3.05) is 32.3 Å². The molecule has 0 aromatic heterocycles. The van der Waals surface area contributed by atoms with E-state index in [1.807, 2.05) is 0 Å². The monoisotopic (exact) mass is 235 g/mol. The van der Waals surface area contributed by atoms with Crippen LogP contribution >= 0.6 is 11.8 Å². The number of nitrogens with one attached hydrogen (secondary N) is 1. The molecule has 1 unspecified atom stereocenters. The second-order valence-electron chi connectivity index (χ2n) is 2.84. The third kappa shape index (κ3) is 7.21. The van der Waals surface area contributed by atoms with Crippen molar-refractivity contribution in [3.63, 3.8) is 0 Å². The van der Waals surface area contributed by atoms with Crippen LogP contribution in [0.1, 0.15) is 6.92 Å². The molecule has 1 amide bonds. The van der Waals surface area contributed by atoms with Crippen LogP contribution in [-0.4, -0.2) is 50.3 Å². The molecule has 5 nitrogen and oxygen atoms in total. The van der Waals surface area contributed by atoms with Crippen molar-refractivity contribution < 1.29 is 19.1 Å². The molecular weight excluding hydrogens is 218 g/mol. The summed E-state index contributed by atoms with van der Waals surface area (Å²) in [5.74, 6) is 0.618. The van der Waals surface area contributed by atoms with Crippen LogP contribution in [0.15, 0.2) is 0 Å². The van der Waals surface area contributed by atoms with Crippen LogP contribution in [0.4, 0.5) is 0 Å². The fourth-order valence-corrected chi connectivity index (χ4v) is 1.81. The van der Waals surface area contributed by atoms with Crippen molar-refractivity contribution in [3.05, 3.63) is 0 Å². The second kappa shape index (κ2) is 8.55. The number of hydrogen-bond donors (Lipinski definition) is 1.